The van der Waals surface area contributed by atoms with Crippen LogP contribution >= 0.6 is 0 Å². The molecule has 0 saturated carbocycles. The summed E-state index contributed by atoms with van der Waals surface area (Å²) in [6.45, 7) is 0. The van der Waals surface area contributed by atoms with Crippen LogP contribution in [0.4, 0.5) is 17.6 Å². The summed E-state index contributed by atoms with van der Waals surface area (Å²) >= 11 is 0. The van der Waals surface area contributed by atoms with Gasteiger partial charge in [0.15, 0.2) is 0 Å². The molecule has 0 N–H and O–H groups in total. The predicted molar refractivity (Wildman–Crippen MR) is 42.7 cm³/mol. The van der Waals surface area contributed by atoms with Gasteiger partial charge in [-0.15, -0.1) is 0 Å². The van der Waals surface area contributed by atoms with E-state index in [1.54, 1.807) is 0 Å². The van der Waals surface area contributed by atoms with Gasteiger partial charge in [-0.2, -0.15) is 13.2 Å². The molecule has 0 radical (unpaired) electrons. The van der Waals surface area contributed by atoms with Crippen molar-refractivity contribution >= 4 is 5.97 Å². The van der Waals surface area contributed by atoms with E-state index >= 15 is 0 Å². The zero-order valence-electron chi connectivity index (χ0n) is 7.56. The van der Waals surface area contributed by atoms with Gasteiger partial charge in [-0.05, 0) is 18.2 Å². The number of methoxy groups -OCH3 is 1. The number of hydrogen-bond donors (Lipinski definition) is 0. The fourth-order valence-electron chi connectivity index (χ4n) is 0.987. The number of alkyl halides is 3. The molecule has 1 rings (SSSR count). The Balaban J connectivity index is 3.23. The zero-order chi connectivity index (χ0) is 11.6. The third-order valence-electron chi connectivity index (χ3n) is 1.69. The van der Waals surface area contributed by atoms with Gasteiger partial charge >= 0.3 is 12.1 Å². The highest BCUT2D eigenvalue weighted by atomic mass is 19.4. The molecule has 1 aromatic rings. The van der Waals surface area contributed by atoms with E-state index in [4.69, 9.17) is 0 Å². The zero-order valence-corrected chi connectivity index (χ0v) is 7.56. The first-order chi connectivity index (χ1) is 6.86. The van der Waals surface area contributed by atoms with E-state index in [-0.39, 0.29) is 5.56 Å². The molecule has 82 valence electrons. The Morgan fingerprint density at radius 1 is 1.33 bits per heavy atom. The number of ether oxygens (including phenoxy) is 1. The molecular formula is C9H6F4O2. The van der Waals surface area contributed by atoms with Crippen molar-refractivity contribution in [1.82, 2.24) is 0 Å². The van der Waals surface area contributed by atoms with Crippen molar-refractivity contribution in [2.24, 2.45) is 0 Å². The summed E-state index contributed by atoms with van der Waals surface area (Å²) in [5.41, 5.74) is -1.82. The molecule has 0 aliphatic heterocycles. The van der Waals surface area contributed by atoms with E-state index < -0.39 is 23.5 Å². The second-order valence-corrected chi connectivity index (χ2v) is 2.68. The maximum absolute atomic E-state index is 12.8. The lowest BCUT2D eigenvalue weighted by atomic mass is 10.1. The molecule has 0 amide bonds. The van der Waals surface area contributed by atoms with Gasteiger partial charge in [0, 0.05) is 0 Å². The minimum absolute atomic E-state index is 0.341. The van der Waals surface area contributed by atoms with Crippen molar-refractivity contribution in [2.75, 3.05) is 7.11 Å². The van der Waals surface area contributed by atoms with E-state index in [0.717, 1.165) is 13.2 Å². The van der Waals surface area contributed by atoms with E-state index in [9.17, 15) is 22.4 Å². The lowest BCUT2D eigenvalue weighted by Crippen LogP contribution is -2.11. The first kappa shape index (κ1) is 11.5. The summed E-state index contributed by atoms with van der Waals surface area (Å²) in [7, 11) is 1.03. The van der Waals surface area contributed by atoms with E-state index in [1.807, 2.05) is 0 Å². The summed E-state index contributed by atoms with van der Waals surface area (Å²) in [5, 5.41) is 0. The summed E-state index contributed by atoms with van der Waals surface area (Å²) in [5.74, 6) is -2.37. The van der Waals surface area contributed by atoms with Gasteiger partial charge in [-0.25, -0.2) is 9.18 Å². The van der Waals surface area contributed by atoms with Crippen LogP contribution in [-0.2, 0) is 10.9 Å². The highest BCUT2D eigenvalue weighted by molar-refractivity contribution is 5.89. The second-order valence-electron chi connectivity index (χ2n) is 2.68. The second kappa shape index (κ2) is 3.88. The first-order valence-electron chi connectivity index (χ1n) is 3.81. The number of hydrogen-bond acceptors (Lipinski definition) is 2. The predicted octanol–water partition coefficient (Wildman–Crippen LogP) is 2.63. The Morgan fingerprint density at radius 2 is 1.93 bits per heavy atom. The number of carbonyl (C=O) groups is 1. The fraction of sp³-hybridized carbons (Fsp3) is 0.222. The van der Waals surface area contributed by atoms with E-state index in [2.05, 4.69) is 4.74 Å². The van der Waals surface area contributed by atoms with Gasteiger partial charge in [0.1, 0.15) is 5.82 Å². The Bertz CT molecular complexity index is 384. The Labute approximate surface area is 82.5 Å². The van der Waals surface area contributed by atoms with Crippen LogP contribution in [0, 0.1) is 5.82 Å². The molecule has 0 fully saturated rings. The van der Waals surface area contributed by atoms with Crippen LogP contribution in [0.15, 0.2) is 18.2 Å². The number of benzene rings is 1. The molecule has 15 heavy (non-hydrogen) atoms. The molecule has 0 spiro atoms. The van der Waals surface area contributed by atoms with E-state index in [0.29, 0.717) is 12.1 Å². The Morgan fingerprint density at radius 3 is 2.40 bits per heavy atom. The third kappa shape index (κ3) is 2.45. The van der Waals surface area contributed by atoms with Gasteiger partial charge in [0.2, 0.25) is 0 Å². The molecule has 0 saturated heterocycles. The van der Waals surface area contributed by atoms with Gasteiger partial charge < -0.3 is 4.74 Å². The number of carbonyl (C=O) groups excluding carboxylic acids is 1. The van der Waals surface area contributed by atoms with E-state index in [1.165, 1.54) is 0 Å². The number of esters is 1. The molecule has 1 aromatic carbocycles. The average molecular weight is 222 g/mol. The molecule has 6 heteroatoms. The highest BCUT2D eigenvalue weighted by Crippen LogP contribution is 2.31. The van der Waals surface area contributed by atoms with Crippen molar-refractivity contribution in [2.45, 2.75) is 6.18 Å². The molecular weight excluding hydrogens is 216 g/mol. The number of rotatable bonds is 1. The van der Waals surface area contributed by atoms with Crippen LogP contribution in [-0.4, -0.2) is 13.1 Å². The minimum atomic E-state index is -4.83. The van der Waals surface area contributed by atoms with Crippen molar-refractivity contribution < 1.29 is 27.1 Å². The summed E-state index contributed by atoms with van der Waals surface area (Å²) in [6.07, 6.45) is -4.83. The van der Waals surface area contributed by atoms with Gasteiger partial charge in [0.25, 0.3) is 0 Å². The smallest absolute Gasteiger partial charge is 0.419 e. The van der Waals surface area contributed by atoms with Crippen molar-refractivity contribution in [3.05, 3.63) is 35.1 Å². The summed E-state index contributed by atoms with van der Waals surface area (Å²) < 4.78 is 53.6. The molecule has 0 aliphatic carbocycles. The maximum atomic E-state index is 12.8. The van der Waals surface area contributed by atoms with Crippen LogP contribution in [0.3, 0.4) is 0 Å². The summed E-state index contributed by atoms with van der Waals surface area (Å²) in [6, 6.07) is 1.92. The van der Waals surface area contributed by atoms with Gasteiger partial charge in [0.05, 0.1) is 18.2 Å². The Hall–Kier alpha value is -1.59. The van der Waals surface area contributed by atoms with Crippen molar-refractivity contribution in [3.8, 4) is 0 Å². The normalized spacial score (nSPS) is 11.3. The molecule has 0 atom stereocenters. The number of halogens is 4. The first-order valence-corrected chi connectivity index (χ1v) is 3.81. The highest BCUT2D eigenvalue weighted by Gasteiger charge is 2.34. The van der Waals surface area contributed by atoms with Crippen LogP contribution in [0.1, 0.15) is 15.9 Å². The van der Waals surface area contributed by atoms with Crippen LogP contribution in [0.2, 0.25) is 0 Å². The average Bonchev–Trinajstić information content (AvgIpc) is 2.15. The van der Waals surface area contributed by atoms with Crippen LogP contribution < -0.4 is 0 Å². The SMILES string of the molecule is COC(=O)c1ccc(F)c(C(F)(F)F)c1. The fourth-order valence-corrected chi connectivity index (χ4v) is 0.987. The third-order valence-corrected chi connectivity index (χ3v) is 1.69. The standard InChI is InChI=1S/C9H6F4O2/c1-15-8(14)5-2-3-7(10)6(4-5)9(11,12)13/h2-4H,1H3. The quantitative estimate of drug-likeness (QED) is 0.539. The van der Waals surface area contributed by atoms with Crippen LogP contribution in [0.5, 0.6) is 0 Å². The van der Waals surface area contributed by atoms with Crippen molar-refractivity contribution in [1.29, 1.82) is 0 Å². The molecule has 0 heterocycles. The Kier molecular flexibility index (Phi) is 2.97. The van der Waals surface area contributed by atoms with Crippen LogP contribution in [0.25, 0.3) is 0 Å². The lowest BCUT2D eigenvalue weighted by Gasteiger charge is -2.08. The lowest BCUT2D eigenvalue weighted by molar-refractivity contribution is -0.140. The van der Waals surface area contributed by atoms with Gasteiger partial charge in [-0.1, -0.05) is 0 Å². The van der Waals surface area contributed by atoms with Gasteiger partial charge in [-0.3, -0.25) is 0 Å². The minimum Gasteiger partial charge on any atom is -0.465 e. The maximum Gasteiger partial charge on any atom is 0.419 e. The molecule has 0 unspecified atom stereocenters. The monoisotopic (exact) mass is 222 g/mol. The van der Waals surface area contributed by atoms with Crippen molar-refractivity contribution in [3.63, 3.8) is 0 Å². The largest absolute Gasteiger partial charge is 0.465 e. The molecule has 2 nitrogen and oxygen atoms in total. The summed E-state index contributed by atoms with van der Waals surface area (Å²) in [4.78, 5) is 10.9. The molecule has 0 aromatic heterocycles. The molecule has 0 aliphatic rings. The topological polar surface area (TPSA) is 26.3 Å². The molecule has 0 bridgehead atoms.